The van der Waals surface area contributed by atoms with Gasteiger partial charge >= 0.3 is 0 Å². The fourth-order valence-corrected chi connectivity index (χ4v) is 2.17. The van der Waals surface area contributed by atoms with Crippen LogP contribution in [0.3, 0.4) is 0 Å². The Kier molecular flexibility index (Phi) is 4.48. The molecule has 2 N–H and O–H groups in total. The average Bonchev–Trinajstić information content (AvgIpc) is 2.55. The Bertz CT molecular complexity index is 382. The van der Waals surface area contributed by atoms with Gasteiger partial charge in [-0.3, -0.25) is 4.79 Å². The van der Waals surface area contributed by atoms with Gasteiger partial charge in [0.2, 0.25) is 15.9 Å². The topological polar surface area (TPSA) is 90.0 Å². The molecule has 1 aliphatic heterocycles. The molecule has 0 unspecified atom stereocenters. The SMILES string of the molecule is CN(C)[C@@H]1CN(C(=O)CNS(C)(=O)=O)C[C@H]1O. The number of amides is 1. The number of likely N-dealkylation sites (N-methyl/N-ethyl adjacent to an activating group) is 1. The zero-order valence-electron chi connectivity index (χ0n) is 10.3. The van der Waals surface area contributed by atoms with Crippen LogP contribution in [-0.2, 0) is 14.8 Å². The van der Waals surface area contributed by atoms with E-state index in [4.69, 9.17) is 0 Å². The molecule has 0 aromatic rings. The molecule has 2 atom stereocenters. The summed E-state index contributed by atoms with van der Waals surface area (Å²) in [7, 11) is 0.297. The van der Waals surface area contributed by atoms with Gasteiger partial charge in [-0.1, -0.05) is 0 Å². The van der Waals surface area contributed by atoms with Crippen LogP contribution in [-0.4, -0.2) is 81.4 Å². The second-order valence-electron chi connectivity index (χ2n) is 4.49. The minimum atomic E-state index is -3.36. The number of β-amino-alcohol motifs (C(OH)–C–C–N with tert-alkyl or cyclic N) is 1. The number of carbonyl (C=O) groups excluding carboxylic acids is 1. The number of likely N-dealkylation sites (tertiary alicyclic amines) is 1. The molecule has 0 spiro atoms. The van der Waals surface area contributed by atoms with E-state index in [2.05, 4.69) is 4.72 Å². The van der Waals surface area contributed by atoms with Crippen LogP contribution in [0, 0.1) is 0 Å². The zero-order valence-corrected chi connectivity index (χ0v) is 11.1. The van der Waals surface area contributed by atoms with Crippen molar-refractivity contribution in [3.63, 3.8) is 0 Å². The van der Waals surface area contributed by atoms with Gasteiger partial charge in [-0.25, -0.2) is 13.1 Å². The smallest absolute Gasteiger partial charge is 0.237 e. The molecule has 1 aliphatic rings. The Labute approximate surface area is 101 Å². The van der Waals surface area contributed by atoms with E-state index < -0.39 is 16.1 Å². The fourth-order valence-electron chi connectivity index (χ4n) is 1.79. The molecule has 0 aromatic carbocycles. The Morgan fingerprint density at radius 2 is 2.06 bits per heavy atom. The van der Waals surface area contributed by atoms with E-state index in [9.17, 15) is 18.3 Å². The molecule has 8 heteroatoms. The molecule has 1 saturated heterocycles. The molecular formula is C9H19N3O4S. The number of nitrogens with zero attached hydrogens (tertiary/aromatic N) is 2. The van der Waals surface area contributed by atoms with Crippen LogP contribution in [0.25, 0.3) is 0 Å². The maximum atomic E-state index is 11.7. The number of sulfonamides is 1. The first-order valence-electron chi connectivity index (χ1n) is 5.27. The summed E-state index contributed by atoms with van der Waals surface area (Å²) in [6, 6.07) is -0.0998. The summed E-state index contributed by atoms with van der Waals surface area (Å²) in [5, 5.41) is 9.73. The first kappa shape index (κ1) is 14.4. The minimum Gasteiger partial charge on any atom is -0.390 e. The monoisotopic (exact) mass is 265 g/mol. The summed E-state index contributed by atoms with van der Waals surface area (Å²) in [4.78, 5) is 15.0. The second kappa shape index (κ2) is 5.30. The van der Waals surface area contributed by atoms with Gasteiger partial charge in [0, 0.05) is 13.1 Å². The lowest BCUT2D eigenvalue weighted by Gasteiger charge is -2.21. The van der Waals surface area contributed by atoms with Crippen LogP contribution >= 0.6 is 0 Å². The van der Waals surface area contributed by atoms with Crippen LogP contribution in [0.5, 0.6) is 0 Å². The van der Waals surface area contributed by atoms with Gasteiger partial charge in [-0.15, -0.1) is 0 Å². The van der Waals surface area contributed by atoms with E-state index in [1.54, 1.807) is 0 Å². The maximum Gasteiger partial charge on any atom is 0.237 e. The van der Waals surface area contributed by atoms with E-state index in [0.717, 1.165) is 6.26 Å². The lowest BCUT2D eigenvalue weighted by atomic mass is 10.2. The summed E-state index contributed by atoms with van der Waals surface area (Å²) in [6.07, 6.45) is 0.411. The summed E-state index contributed by atoms with van der Waals surface area (Å²) in [5.74, 6) is -0.321. The number of carbonyl (C=O) groups is 1. The third-order valence-electron chi connectivity index (χ3n) is 2.76. The number of nitrogens with one attached hydrogen (secondary N) is 1. The van der Waals surface area contributed by atoms with Crippen molar-refractivity contribution in [3.05, 3.63) is 0 Å². The minimum absolute atomic E-state index is 0.0998. The van der Waals surface area contributed by atoms with Crippen molar-refractivity contribution in [2.45, 2.75) is 12.1 Å². The Balaban J connectivity index is 2.50. The molecule has 7 nitrogen and oxygen atoms in total. The molecule has 1 rings (SSSR count). The standard InChI is InChI=1S/C9H19N3O4S/c1-11(2)7-5-12(6-8(7)13)9(14)4-10-17(3,15)16/h7-8,10,13H,4-6H2,1-3H3/t7-,8-/m1/s1. The lowest BCUT2D eigenvalue weighted by Crippen LogP contribution is -2.40. The quantitative estimate of drug-likeness (QED) is 0.595. The Morgan fingerprint density at radius 3 is 2.47 bits per heavy atom. The number of aliphatic hydroxyl groups is 1. The van der Waals surface area contributed by atoms with Crippen molar-refractivity contribution >= 4 is 15.9 Å². The highest BCUT2D eigenvalue weighted by molar-refractivity contribution is 7.88. The number of aliphatic hydroxyl groups excluding tert-OH is 1. The molecule has 0 aliphatic carbocycles. The predicted molar refractivity (Wildman–Crippen MR) is 62.9 cm³/mol. The fraction of sp³-hybridized carbons (Fsp3) is 0.889. The molecular weight excluding hydrogens is 246 g/mol. The predicted octanol–water partition coefficient (Wildman–Crippen LogP) is -2.33. The molecule has 0 saturated carbocycles. The van der Waals surface area contributed by atoms with Gasteiger partial charge in [0.25, 0.3) is 0 Å². The normalized spacial score (nSPS) is 25.6. The van der Waals surface area contributed by atoms with Gasteiger partial charge < -0.3 is 14.9 Å². The van der Waals surface area contributed by atoms with Crippen LogP contribution < -0.4 is 4.72 Å². The highest BCUT2D eigenvalue weighted by Gasteiger charge is 2.35. The van der Waals surface area contributed by atoms with Gasteiger partial charge in [0.1, 0.15) is 0 Å². The third-order valence-corrected chi connectivity index (χ3v) is 3.43. The van der Waals surface area contributed by atoms with Crippen LogP contribution in [0.2, 0.25) is 0 Å². The summed E-state index contributed by atoms with van der Waals surface area (Å²) < 4.78 is 23.8. The molecule has 100 valence electrons. The molecule has 1 heterocycles. The van der Waals surface area contributed by atoms with E-state index in [1.165, 1.54) is 4.90 Å². The lowest BCUT2D eigenvalue weighted by molar-refractivity contribution is -0.129. The maximum absolute atomic E-state index is 11.7. The third kappa shape index (κ3) is 4.23. The number of hydrogen-bond acceptors (Lipinski definition) is 5. The van der Waals surface area contributed by atoms with Crippen molar-refractivity contribution < 1.29 is 18.3 Å². The summed E-state index contributed by atoms with van der Waals surface area (Å²) in [6.45, 7) is 0.400. The second-order valence-corrected chi connectivity index (χ2v) is 6.32. The van der Waals surface area contributed by atoms with Crippen molar-refractivity contribution in [2.24, 2.45) is 0 Å². The van der Waals surface area contributed by atoms with Gasteiger partial charge in [0.15, 0.2) is 0 Å². The highest BCUT2D eigenvalue weighted by Crippen LogP contribution is 2.13. The number of hydrogen-bond donors (Lipinski definition) is 2. The summed E-state index contributed by atoms with van der Waals surface area (Å²) in [5.41, 5.74) is 0. The van der Waals surface area contributed by atoms with Crippen LogP contribution in [0.1, 0.15) is 0 Å². The number of rotatable bonds is 4. The van der Waals surface area contributed by atoms with E-state index in [0.29, 0.717) is 6.54 Å². The summed E-state index contributed by atoms with van der Waals surface area (Å²) >= 11 is 0. The van der Waals surface area contributed by atoms with Gasteiger partial charge in [0.05, 0.1) is 24.9 Å². The van der Waals surface area contributed by atoms with Crippen molar-refractivity contribution in [3.8, 4) is 0 Å². The van der Waals surface area contributed by atoms with Crippen molar-refractivity contribution in [1.29, 1.82) is 0 Å². The van der Waals surface area contributed by atoms with E-state index in [1.807, 2.05) is 19.0 Å². The molecule has 0 radical (unpaired) electrons. The largest absolute Gasteiger partial charge is 0.390 e. The molecule has 17 heavy (non-hydrogen) atoms. The molecule has 1 fully saturated rings. The molecule has 0 aromatic heterocycles. The average molecular weight is 265 g/mol. The van der Waals surface area contributed by atoms with E-state index in [-0.39, 0.29) is 25.0 Å². The first-order valence-corrected chi connectivity index (χ1v) is 7.17. The van der Waals surface area contributed by atoms with Gasteiger partial charge in [-0.05, 0) is 14.1 Å². The van der Waals surface area contributed by atoms with Gasteiger partial charge in [-0.2, -0.15) is 0 Å². The zero-order chi connectivity index (χ0) is 13.2. The Hall–Kier alpha value is -0.700. The van der Waals surface area contributed by atoms with E-state index >= 15 is 0 Å². The highest BCUT2D eigenvalue weighted by atomic mass is 32.2. The van der Waals surface area contributed by atoms with Crippen molar-refractivity contribution in [1.82, 2.24) is 14.5 Å². The Morgan fingerprint density at radius 1 is 1.47 bits per heavy atom. The first-order chi connectivity index (χ1) is 7.70. The molecule has 1 amide bonds. The van der Waals surface area contributed by atoms with Crippen LogP contribution in [0.4, 0.5) is 0 Å². The van der Waals surface area contributed by atoms with Crippen LogP contribution in [0.15, 0.2) is 0 Å². The molecule has 0 bridgehead atoms. The van der Waals surface area contributed by atoms with Crippen molar-refractivity contribution in [2.75, 3.05) is 40.0 Å².